The Bertz CT molecular complexity index is 1310. The average Bonchev–Trinajstić information content (AvgIpc) is 2.96. The number of hydrazone groups is 1. The standard InChI is InChI=1S/C20H16N4O4/c1-11-14(10-15-17(25)21-20(28)23(2)18(15)26)19(27)24(22-11)16-9-5-7-12-6-3-4-8-13(12)16/h3-10,26H,1-2H3,(H,21,25,28). The van der Waals surface area contributed by atoms with E-state index < -0.39 is 23.0 Å². The van der Waals surface area contributed by atoms with Gasteiger partial charge in [0, 0.05) is 12.4 Å². The molecule has 8 heteroatoms. The molecule has 1 aliphatic rings. The molecule has 8 nitrogen and oxygen atoms in total. The number of aromatic nitrogens is 2. The van der Waals surface area contributed by atoms with Crippen LogP contribution < -0.4 is 16.3 Å². The van der Waals surface area contributed by atoms with Gasteiger partial charge in [-0.2, -0.15) is 10.1 Å². The third-order valence-corrected chi connectivity index (χ3v) is 4.67. The minimum Gasteiger partial charge on any atom is -0.494 e. The van der Waals surface area contributed by atoms with Crippen molar-refractivity contribution in [3.05, 3.63) is 74.4 Å². The minimum atomic E-state index is -0.780. The van der Waals surface area contributed by atoms with Gasteiger partial charge in [-0.25, -0.2) is 4.79 Å². The Morgan fingerprint density at radius 2 is 1.79 bits per heavy atom. The van der Waals surface area contributed by atoms with E-state index in [2.05, 4.69) is 10.1 Å². The second kappa shape index (κ2) is 6.34. The topological polar surface area (TPSA) is 108 Å². The number of hydrogen-bond donors (Lipinski definition) is 2. The summed E-state index contributed by atoms with van der Waals surface area (Å²) >= 11 is 0. The summed E-state index contributed by atoms with van der Waals surface area (Å²) in [5.74, 6) is -0.952. The largest absolute Gasteiger partial charge is 0.494 e. The maximum atomic E-state index is 13.0. The zero-order chi connectivity index (χ0) is 20.0. The number of H-pyrrole nitrogens is 1. The number of anilines is 1. The van der Waals surface area contributed by atoms with Gasteiger partial charge in [0.25, 0.3) is 11.5 Å². The maximum absolute atomic E-state index is 13.0. The fraction of sp³-hybridized carbons (Fsp3) is 0.100. The molecule has 0 spiro atoms. The lowest BCUT2D eigenvalue weighted by atomic mass is 10.1. The van der Waals surface area contributed by atoms with Crippen molar-refractivity contribution in [3.8, 4) is 5.88 Å². The smallest absolute Gasteiger partial charge is 0.330 e. The Morgan fingerprint density at radius 1 is 1.07 bits per heavy atom. The van der Waals surface area contributed by atoms with Crippen LogP contribution in [0, 0.1) is 0 Å². The van der Waals surface area contributed by atoms with Gasteiger partial charge in [-0.3, -0.25) is 19.1 Å². The number of rotatable bonds is 2. The molecule has 140 valence electrons. The SMILES string of the molecule is CC1=NN(c2cccc3ccccc23)C(=O)C1=Cc1c(O)n(C)c(=O)[nH]c1=O. The lowest BCUT2D eigenvalue weighted by molar-refractivity contribution is -0.114. The summed E-state index contributed by atoms with van der Waals surface area (Å²) < 4.78 is 0.891. The number of carbonyl (C=O) groups is 1. The third kappa shape index (κ3) is 2.62. The summed E-state index contributed by atoms with van der Waals surface area (Å²) in [5, 5.41) is 17.6. The fourth-order valence-corrected chi connectivity index (χ4v) is 3.14. The third-order valence-electron chi connectivity index (χ3n) is 4.67. The van der Waals surface area contributed by atoms with Crippen LogP contribution in [0.2, 0.25) is 0 Å². The van der Waals surface area contributed by atoms with E-state index in [1.54, 1.807) is 13.0 Å². The molecular weight excluding hydrogens is 360 g/mol. The number of carbonyl (C=O) groups excluding carboxylic acids is 1. The van der Waals surface area contributed by atoms with E-state index in [9.17, 15) is 19.5 Å². The molecule has 2 N–H and O–H groups in total. The number of benzene rings is 2. The van der Waals surface area contributed by atoms with Gasteiger partial charge in [0.1, 0.15) is 5.56 Å². The molecule has 0 unspecified atom stereocenters. The second-order valence-corrected chi connectivity index (χ2v) is 6.41. The predicted molar refractivity (Wildman–Crippen MR) is 106 cm³/mol. The van der Waals surface area contributed by atoms with Crippen molar-refractivity contribution in [1.82, 2.24) is 9.55 Å². The zero-order valence-electron chi connectivity index (χ0n) is 15.1. The Labute approximate surface area is 158 Å². The van der Waals surface area contributed by atoms with Gasteiger partial charge in [-0.15, -0.1) is 0 Å². The molecule has 0 radical (unpaired) electrons. The number of aromatic hydroxyl groups is 1. The summed E-state index contributed by atoms with van der Waals surface area (Å²) in [6.07, 6.45) is 1.25. The van der Waals surface area contributed by atoms with Crippen molar-refractivity contribution < 1.29 is 9.90 Å². The highest BCUT2D eigenvalue weighted by Crippen LogP contribution is 2.31. The predicted octanol–water partition coefficient (Wildman–Crippen LogP) is 1.74. The Morgan fingerprint density at radius 3 is 2.57 bits per heavy atom. The van der Waals surface area contributed by atoms with Crippen LogP contribution in [-0.4, -0.2) is 26.3 Å². The van der Waals surface area contributed by atoms with Gasteiger partial charge in [0.2, 0.25) is 5.88 Å². The van der Waals surface area contributed by atoms with E-state index in [4.69, 9.17) is 0 Å². The number of aromatic amines is 1. The summed E-state index contributed by atoms with van der Waals surface area (Å²) in [7, 11) is 1.31. The first-order valence-electron chi connectivity index (χ1n) is 8.50. The van der Waals surface area contributed by atoms with Crippen molar-refractivity contribution >= 4 is 34.2 Å². The molecule has 28 heavy (non-hydrogen) atoms. The molecule has 1 aromatic heterocycles. The first-order valence-corrected chi connectivity index (χ1v) is 8.50. The van der Waals surface area contributed by atoms with Crippen molar-refractivity contribution in [1.29, 1.82) is 0 Å². The van der Waals surface area contributed by atoms with Crippen molar-refractivity contribution in [2.45, 2.75) is 6.92 Å². The van der Waals surface area contributed by atoms with Crippen molar-refractivity contribution in [3.63, 3.8) is 0 Å². The van der Waals surface area contributed by atoms with Gasteiger partial charge in [0.15, 0.2) is 0 Å². The average molecular weight is 376 g/mol. The number of nitrogens with one attached hydrogen (secondary N) is 1. The Balaban J connectivity index is 1.84. The summed E-state index contributed by atoms with van der Waals surface area (Å²) in [6, 6.07) is 13.2. The van der Waals surface area contributed by atoms with Gasteiger partial charge in [0.05, 0.1) is 17.0 Å². The van der Waals surface area contributed by atoms with Crippen LogP contribution in [0.15, 0.2) is 62.7 Å². The number of hydrogen-bond acceptors (Lipinski definition) is 5. The molecule has 0 saturated carbocycles. The van der Waals surface area contributed by atoms with Crippen molar-refractivity contribution in [2.75, 3.05) is 5.01 Å². The molecule has 0 atom stereocenters. The Kier molecular flexibility index (Phi) is 3.96. The molecule has 2 heterocycles. The monoisotopic (exact) mass is 376 g/mol. The lowest BCUT2D eigenvalue weighted by Gasteiger charge is -2.14. The number of fused-ring (bicyclic) bond motifs is 1. The van der Waals surface area contributed by atoms with Gasteiger partial charge >= 0.3 is 5.69 Å². The summed E-state index contributed by atoms with van der Waals surface area (Å²) in [6.45, 7) is 1.64. The number of nitrogens with zero attached hydrogens (tertiary/aromatic N) is 3. The van der Waals surface area contributed by atoms with Crippen LogP contribution in [0.3, 0.4) is 0 Å². The fourth-order valence-electron chi connectivity index (χ4n) is 3.14. The molecule has 0 fully saturated rings. The minimum absolute atomic E-state index is 0.160. The first kappa shape index (κ1) is 17.5. The lowest BCUT2D eigenvalue weighted by Crippen LogP contribution is -2.30. The van der Waals surface area contributed by atoms with Crippen LogP contribution in [0.1, 0.15) is 12.5 Å². The molecule has 0 saturated heterocycles. The normalized spacial score (nSPS) is 15.5. The van der Waals surface area contributed by atoms with E-state index >= 15 is 0 Å². The molecular formula is C20H16N4O4. The highest BCUT2D eigenvalue weighted by atomic mass is 16.3. The van der Waals surface area contributed by atoms with Crippen molar-refractivity contribution in [2.24, 2.45) is 12.1 Å². The van der Waals surface area contributed by atoms with E-state index in [1.807, 2.05) is 36.4 Å². The van der Waals surface area contributed by atoms with E-state index in [1.165, 1.54) is 18.1 Å². The Hall–Kier alpha value is -3.94. The van der Waals surface area contributed by atoms with Crippen LogP contribution in [0.4, 0.5) is 5.69 Å². The molecule has 1 aliphatic heterocycles. The van der Waals surface area contributed by atoms with Gasteiger partial charge < -0.3 is 5.11 Å². The van der Waals surface area contributed by atoms with E-state index in [-0.39, 0.29) is 11.1 Å². The van der Waals surface area contributed by atoms with Crippen LogP contribution in [0.25, 0.3) is 16.8 Å². The van der Waals surface area contributed by atoms with Crippen LogP contribution >= 0.6 is 0 Å². The molecule has 0 bridgehead atoms. The van der Waals surface area contributed by atoms with Crippen LogP contribution in [0.5, 0.6) is 5.88 Å². The van der Waals surface area contributed by atoms with Gasteiger partial charge in [-0.05, 0) is 24.5 Å². The zero-order valence-corrected chi connectivity index (χ0v) is 15.1. The molecule has 0 aliphatic carbocycles. The van der Waals surface area contributed by atoms with Crippen LogP contribution in [-0.2, 0) is 11.8 Å². The maximum Gasteiger partial charge on any atom is 0.330 e. The summed E-state index contributed by atoms with van der Waals surface area (Å²) in [5.41, 5.74) is -0.537. The highest BCUT2D eigenvalue weighted by Gasteiger charge is 2.30. The molecule has 1 amide bonds. The molecule has 4 rings (SSSR count). The van der Waals surface area contributed by atoms with E-state index in [0.717, 1.165) is 15.3 Å². The number of amides is 1. The van der Waals surface area contributed by atoms with Gasteiger partial charge in [-0.1, -0.05) is 36.4 Å². The van der Waals surface area contributed by atoms with E-state index in [0.29, 0.717) is 11.4 Å². The molecule has 3 aromatic rings. The molecule has 2 aromatic carbocycles. The highest BCUT2D eigenvalue weighted by molar-refractivity contribution is 6.33. The second-order valence-electron chi connectivity index (χ2n) is 6.41. The quantitative estimate of drug-likeness (QED) is 0.664. The summed E-state index contributed by atoms with van der Waals surface area (Å²) in [4.78, 5) is 38.8. The first-order chi connectivity index (χ1) is 13.4.